The third-order valence-corrected chi connectivity index (χ3v) is 8.01. The van der Waals surface area contributed by atoms with E-state index in [1.54, 1.807) is 0 Å². The molecule has 0 saturated carbocycles. The van der Waals surface area contributed by atoms with Crippen LogP contribution in [0.15, 0.2) is 71.8 Å². The Morgan fingerprint density at radius 2 is 1.90 bits per heavy atom. The van der Waals surface area contributed by atoms with Gasteiger partial charge in [-0.25, -0.2) is 22.4 Å². The number of halogens is 3. The smallest absolute Gasteiger partial charge is 0.416 e. The van der Waals surface area contributed by atoms with Crippen LogP contribution in [0.2, 0.25) is 0 Å². The number of fused-ring (bicyclic) bond motifs is 1. The molecule has 40 heavy (non-hydrogen) atoms. The molecule has 0 aliphatic carbocycles. The molecule has 12 nitrogen and oxygen atoms in total. The third kappa shape index (κ3) is 6.16. The Morgan fingerprint density at radius 1 is 1.15 bits per heavy atom. The number of sulfonamides is 1. The minimum atomic E-state index is -4.84. The van der Waals surface area contributed by atoms with Gasteiger partial charge in [0.25, 0.3) is 21.3 Å². The molecular formula is C23H19F3N4O8S2. The van der Waals surface area contributed by atoms with Crippen molar-refractivity contribution in [3.8, 4) is 5.75 Å². The molecule has 3 N–H and O–H groups in total. The fourth-order valence-electron chi connectivity index (χ4n) is 3.85. The number of alkyl halides is 3. The van der Waals surface area contributed by atoms with Gasteiger partial charge in [0.2, 0.25) is 5.91 Å². The molecule has 2 heterocycles. The van der Waals surface area contributed by atoms with E-state index in [0.29, 0.717) is 20.7 Å². The van der Waals surface area contributed by atoms with Crippen molar-refractivity contribution in [2.45, 2.75) is 23.6 Å². The van der Waals surface area contributed by atoms with Crippen molar-refractivity contribution in [3.63, 3.8) is 0 Å². The fourth-order valence-corrected chi connectivity index (χ4v) is 5.92. The van der Waals surface area contributed by atoms with Gasteiger partial charge < -0.3 is 9.84 Å². The minimum absolute atomic E-state index is 0.0642. The first-order chi connectivity index (χ1) is 18.8. The lowest BCUT2D eigenvalue weighted by atomic mass is 10.1. The molecule has 2 amide bonds. The SMILES string of the molecule is O=C(O)Nc1ccc2c(c1)N(S(=O)(=O)c1cccc(C(F)(F)F)c1)CC(CC(=O)N(c1ccccn1)S(=O)O)O2. The molecule has 17 heteroatoms. The van der Waals surface area contributed by atoms with Gasteiger partial charge in [-0.3, -0.25) is 19.0 Å². The second-order valence-corrected chi connectivity index (χ2v) is 10.9. The molecule has 0 fully saturated rings. The van der Waals surface area contributed by atoms with Gasteiger partial charge >= 0.3 is 12.3 Å². The highest BCUT2D eigenvalue weighted by Gasteiger charge is 2.39. The maximum absolute atomic E-state index is 13.6. The highest BCUT2D eigenvalue weighted by Crippen LogP contribution is 2.40. The number of aromatic nitrogens is 1. The van der Waals surface area contributed by atoms with Crippen LogP contribution in [-0.4, -0.2) is 51.9 Å². The van der Waals surface area contributed by atoms with Gasteiger partial charge in [-0.2, -0.15) is 17.5 Å². The fraction of sp³-hybridized carbons (Fsp3) is 0.174. The summed E-state index contributed by atoms with van der Waals surface area (Å²) in [5.74, 6) is -1.26. The molecule has 3 aromatic rings. The number of rotatable bonds is 7. The van der Waals surface area contributed by atoms with E-state index in [2.05, 4.69) is 4.98 Å². The molecule has 0 spiro atoms. The lowest BCUT2D eigenvalue weighted by molar-refractivity contribution is -0.137. The van der Waals surface area contributed by atoms with E-state index in [-0.39, 0.29) is 22.9 Å². The molecule has 1 aliphatic rings. The molecule has 2 unspecified atom stereocenters. The zero-order valence-corrected chi connectivity index (χ0v) is 21.6. The van der Waals surface area contributed by atoms with Crippen LogP contribution >= 0.6 is 0 Å². The van der Waals surface area contributed by atoms with Crippen LogP contribution in [0.5, 0.6) is 5.75 Å². The monoisotopic (exact) mass is 600 g/mol. The summed E-state index contributed by atoms with van der Waals surface area (Å²) in [5.41, 5.74) is -1.49. The van der Waals surface area contributed by atoms with E-state index < -0.39 is 69.0 Å². The zero-order valence-electron chi connectivity index (χ0n) is 20.0. The Kier molecular flexibility index (Phi) is 7.99. The van der Waals surface area contributed by atoms with Crippen molar-refractivity contribution >= 4 is 50.5 Å². The minimum Gasteiger partial charge on any atom is -0.486 e. The molecule has 0 bridgehead atoms. The number of amides is 2. The number of hydrogen-bond donors (Lipinski definition) is 3. The largest absolute Gasteiger partial charge is 0.486 e. The van der Waals surface area contributed by atoms with Crippen molar-refractivity contribution in [2.75, 3.05) is 20.5 Å². The molecule has 4 rings (SSSR count). The summed E-state index contributed by atoms with van der Waals surface area (Å²) in [4.78, 5) is 27.3. The number of nitrogens with zero attached hydrogens (tertiary/aromatic N) is 3. The molecular weight excluding hydrogens is 581 g/mol. The second-order valence-electron chi connectivity index (χ2n) is 8.23. The Bertz CT molecular complexity index is 1570. The van der Waals surface area contributed by atoms with Crippen molar-refractivity contribution < 1.29 is 49.8 Å². The lowest BCUT2D eigenvalue weighted by Crippen LogP contribution is -2.46. The third-order valence-electron chi connectivity index (χ3n) is 5.53. The lowest BCUT2D eigenvalue weighted by Gasteiger charge is -2.36. The maximum atomic E-state index is 13.6. The highest BCUT2D eigenvalue weighted by molar-refractivity contribution is 7.92. The summed E-state index contributed by atoms with van der Waals surface area (Å²) >= 11 is -2.85. The normalized spacial score (nSPS) is 15.9. The van der Waals surface area contributed by atoms with Crippen molar-refractivity contribution in [3.05, 3.63) is 72.4 Å². The number of carbonyl (C=O) groups is 2. The number of carboxylic acid groups (broad SMARTS) is 1. The number of hydrogen-bond acceptors (Lipinski definition) is 7. The molecule has 1 aliphatic heterocycles. The van der Waals surface area contributed by atoms with E-state index in [4.69, 9.17) is 9.84 Å². The molecule has 0 radical (unpaired) electrons. The van der Waals surface area contributed by atoms with E-state index in [1.165, 1.54) is 36.5 Å². The van der Waals surface area contributed by atoms with E-state index in [0.717, 1.165) is 18.2 Å². The molecule has 0 saturated heterocycles. The predicted octanol–water partition coefficient (Wildman–Crippen LogP) is 3.71. The van der Waals surface area contributed by atoms with Gasteiger partial charge in [-0.15, -0.1) is 0 Å². The van der Waals surface area contributed by atoms with Crippen LogP contribution in [-0.2, 0) is 32.3 Å². The van der Waals surface area contributed by atoms with E-state index >= 15 is 0 Å². The molecule has 1 aromatic heterocycles. The van der Waals surface area contributed by atoms with Gasteiger partial charge in [0.1, 0.15) is 17.7 Å². The summed E-state index contributed by atoms with van der Waals surface area (Å²) in [7, 11) is -4.73. The van der Waals surface area contributed by atoms with E-state index in [9.17, 15) is 39.9 Å². The molecule has 212 valence electrons. The standard InChI is InChI=1S/C23H19F3N4O8S2/c24-23(25,26)14-4-3-5-17(10-14)40(36,37)29-13-16(38-19-8-7-15(11-18(19)29)28-22(32)33)12-21(31)30(39(34)35)20-6-1-2-9-27-20/h1-11,16,28H,12-13H2,(H,32,33)(H,34,35). The van der Waals surface area contributed by atoms with E-state index in [1.807, 2.05) is 5.32 Å². The summed E-state index contributed by atoms with van der Waals surface area (Å²) in [6.45, 7) is -0.609. The van der Waals surface area contributed by atoms with Crippen LogP contribution in [0.1, 0.15) is 12.0 Å². The molecule has 2 atom stereocenters. The summed E-state index contributed by atoms with van der Waals surface area (Å²) in [6, 6.07) is 10.9. The van der Waals surface area contributed by atoms with Gasteiger partial charge in [0.05, 0.1) is 29.1 Å². The average Bonchev–Trinajstić information content (AvgIpc) is 2.88. The quantitative estimate of drug-likeness (QED) is 0.343. The number of pyridine rings is 1. The topological polar surface area (TPSA) is 166 Å². The first-order valence-corrected chi connectivity index (χ1v) is 13.6. The van der Waals surface area contributed by atoms with Gasteiger partial charge in [-0.05, 0) is 48.5 Å². The Hall–Kier alpha value is -4.22. The van der Waals surface area contributed by atoms with Crippen molar-refractivity contribution in [2.24, 2.45) is 0 Å². The van der Waals surface area contributed by atoms with Gasteiger partial charge in [-0.1, -0.05) is 12.1 Å². The Balaban J connectivity index is 1.74. The van der Waals surface area contributed by atoms with Crippen molar-refractivity contribution in [1.29, 1.82) is 0 Å². The number of nitrogens with one attached hydrogen (secondary N) is 1. The first-order valence-electron chi connectivity index (χ1n) is 11.1. The number of anilines is 3. The van der Waals surface area contributed by atoms with Gasteiger partial charge in [0, 0.05) is 11.9 Å². The Labute approximate surface area is 227 Å². The number of ether oxygens (including phenoxy) is 1. The van der Waals surface area contributed by atoms with Crippen LogP contribution < -0.4 is 18.7 Å². The first kappa shape index (κ1) is 28.8. The number of benzene rings is 2. The summed E-state index contributed by atoms with van der Waals surface area (Å²) < 4.78 is 95.7. The van der Waals surface area contributed by atoms with Crippen LogP contribution in [0.3, 0.4) is 0 Å². The molecule has 2 aromatic carbocycles. The second kappa shape index (κ2) is 11.1. The van der Waals surface area contributed by atoms with Crippen LogP contribution in [0.25, 0.3) is 0 Å². The zero-order chi connectivity index (χ0) is 29.2. The summed E-state index contributed by atoms with van der Waals surface area (Å²) in [6.07, 6.45) is -6.92. The van der Waals surface area contributed by atoms with Crippen molar-refractivity contribution in [1.82, 2.24) is 4.98 Å². The highest BCUT2D eigenvalue weighted by atomic mass is 32.2. The predicted molar refractivity (Wildman–Crippen MR) is 136 cm³/mol. The van der Waals surface area contributed by atoms with Crippen LogP contribution in [0, 0.1) is 0 Å². The van der Waals surface area contributed by atoms with Crippen LogP contribution in [0.4, 0.5) is 35.2 Å². The average molecular weight is 601 g/mol. The number of carbonyl (C=O) groups excluding carboxylic acids is 1. The Morgan fingerprint density at radius 3 is 2.52 bits per heavy atom. The maximum Gasteiger partial charge on any atom is 0.416 e. The summed E-state index contributed by atoms with van der Waals surface area (Å²) in [5, 5.41) is 11.1. The van der Waals surface area contributed by atoms with Gasteiger partial charge in [0.15, 0.2) is 0 Å².